The zero-order valence-corrected chi connectivity index (χ0v) is 22.9. The molecule has 2 atom stereocenters. The Morgan fingerprint density at radius 2 is 1.71 bits per heavy atom. The Labute approximate surface area is 209 Å². The predicted octanol–water partition coefficient (Wildman–Crippen LogP) is 4.76. The van der Waals surface area contributed by atoms with E-state index in [4.69, 9.17) is 4.74 Å². The monoisotopic (exact) mass is 493 g/mol. The largest absolute Gasteiger partial charge is 0.444 e. The van der Waals surface area contributed by atoms with E-state index in [9.17, 15) is 14.4 Å². The molecular formula is C26H43N3O4S. The van der Waals surface area contributed by atoms with Gasteiger partial charge in [-0.3, -0.25) is 9.59 Å². The summed E-state index contributed by atoms with van der Waals surface area (Å²) in [5.74, 6) is 0.174. The van der Waals surface area contributed by atoms with Gasteiger partial charge in [0.2, 0.25) is 11.8 Å². The summed E-state index contributed by atoms with van der Waals surface area (Å²) in [5.41, 5.74) is 2.14. The Morgan fingerprint density at radius 1 is 1.09 bits per heavy atom. The van der Waals surface area contributed by atoms with Crippen LogP contribution in [0.2, 0.25) is 0 Å². The van der Waals surface area contributed by atoms with Gasteiger partial charge in [-0.05, 0) is 72.0 Å². The van der Waals surface area contributed by atoms with Crippen LogP contribution < -0.4 is 10.6 Å². The number of ether oxygens (including phenoxy) is 1. The van der Waals surface area contributed by atoms with Crippen molar-refractivity contribution in [2.75, 3.05) is 25.1 Å². The van der Waals surface area contributed by atoms with Crippen molar-refractivity contribution in [3.8, 4) is 0 Å². The Kier molecular flexibility index (Phi) is 12.5. The summed E-state index contributed by atoms with van der Waals surface area (Å²) in [6.07, 6.45) is 3.57. The molecule has 2 unspecified atom stereocenters. The Bertz CT molecular complexity index is 803. The average Bonchev–Trinajstić information content (AvgIpc) is 2.72. The van der Waals surface area contributed by atoms with Gasteiger partial charge in [0.15, 0.2) is 0 Å². The number of nitrogens with one attached hydrogen (secondary N) is 2. The van der Waals surface area contributed by atoms with Crippen LogP contribution >= 0.6 is 11.8 Å². The number of hydrogen-bond acceptors (Lipinski definition) is 5. The number of thioether (sulfide) groups is 1. The van der Waals surface area contributed by atoms with Crippen LogP contribution in [0.3, 0.4) is 0 Å². The minimum Gasteiger partial charge on any atom is -0.444 e. The van der Waals surface area contributed by atoms with Crippen LogP contribution in [0.5, 0.6) is 0 Å². The number of likely N-dealkylation sites (N-methyl/N-ethyl adjacent to an activating group) is 1. The van der Waals surface area contributed by atoms with Gasteiger partial charge in [-0.1, -0.05) is 42.7 Å². The molecule has 0 aromatic heterocycles. The molecule has 0 aliphatic rings. The molecular weight excluding hydrogens is 450 g/mol. The molecule has 7 nitrogen and oxygen atoms in total. The minimum absolute atomic E-state index is 0.213. The van der Waals surface area contributed by atoms with E-state index < -0.39 is 23.8 Å². The van der Waals surface area contributed by atoms with Gasteiger partial charge < -0.3 is 20.3 Å². The molecule has 0 bridgehead atoms. The third-order valence-electron chi connectivity index (χ3n) is 5.17. The Hall–Kier alpha value is -2.22. The molecule has 0 aliphatic carbocycles. The summed E-state index contributed by atoms with van der Waals surface area (Å²) in [6.45, 7) is 14.1. The molecule has 8 heteroatoms. The molecule has 1 aromatic carbocycles. The summed E-state index contributed by atoms with van der Waals surface area (Å²) in [4.78, 5) is 41.2. The summed E-state index contributed by atoms with van der Waals surface area (Å²) in [5, 5.41) is 5.74. The molecule has 2 N–H and O–H groups in total. The van der Waals surface area contributed by atoms with Crippen molar-refractivity contribution in [3.63, 3.8) is 0 Å². The van der Waals surface area contributed by atoms with E-state index in [1.54, 1.807) is 37.4 Å². The fourth-order valence-corrected chi connectivity index (χ4v) is 4.21. The van der Waals surface area contributed by atoms with Crippen LogP contribution in [0, 0.1) is 13.8 Å². The molecule has 0 radical (unpaired) electrons. The quantitative estimate of drug-likeness (QED) is 0.410. The van der Waals surface area contributed by atoms with Crippen molar-refractivity contribution >= 4 is 29.7 Å². The first-order valence-electron chi connectivity index (χ1n) is 12.1. The van der Waals surface area contributed by atoms with Gasteiger partial charge in [-0.25, -0.2) is 4.79 Å². The predicted molar refractivity (Wildman–Crippen MR) is 140 cm³/mol. The number of aryl methyl sites for hydroxylation is 2. The third-order valence-corrected chi connectivity index (χ3v) is 5.82. The second kappa shape index (κ2) is 14.2. The zero-order valence-electron chi connectivity index (χ0n) is 22.1. The second-order valence-electron chi connectivity index (χ2n) is 9.57. The minimum atomic E-state index is -0.793. The molecule has 0 spiro atoms. The highest BCUT2D eigenvalue weighted by atomic mass is 32.2. The van der Waals surface area contributed by atoms with Gasteiger partial charge >= 0.3 is 6.09 Å². The van der Waals surface area contributed by atoms with Crippen molar-refractivity contribution in [2.45, 2.75) is 85.4 Å². The first-order valence-corrected chi connectivity index (χ1v) is 13.5. The summed E-state index contributed by atoms with van der Waals surface area (Å²) < 4.78 is 5.39. The number of alkyl carbamates (subject to hydrolysis) is 1. The van der Waals surface area contributed by atoms with Crippen molar-refractivity contribution in [3.05, 3.63) is 34.9 Å². The lowest BCUT2D eigenvalue weighted by molar-refractivity contribution is -0.142. The van der Waals surface area contributed by atoms with Gasteiger partial charge in [0.05, 0.1) is 0 Å². The van der Waals surface area contributed by atoms with E-state index in [0.717, 1.165) is 29.5 Å². The topological polar surface area (TPSA) is 87.7 Å². The molecule has 34 heavy (non-hydrogen) atoms. The van der Waals surface area contributed by atoms with Crippen LogP contribution in [0.4, 0.5) is 4.79 Å². The fourth-order valence-electron chi connectivity index (χ4n) is 3.73. The van der Waals surface area contributed by atoms with Gasteiger partial charge in [-0.15, -0.1) is 0 Å². The van der Waals surface area contributed by atoms with E-state index >= 15 is 0 Å². The maximum atomic E-state index is 13.8. The van der Waals surface area contributed by atoms with E-state index in [1.807, 2.05) is 45.2 Å². The number of rotatable bonds is 12. The highest BCUT2D eigenvalue weighted by molar-refractivity contribution is 7.98. The molecule has 0 saturated heterocycles. The lowest BCUT2D eigenvalue weighted by Gasteiger charge is -2.34. The van der Waals surface area contributed by atoms with E-state index in [1.165, 1.54) is 0 Å². The number of amides is 3. The summed E-state index contributed by atoms with van der Waals surface area (Å²) in [6, 6.07) is 4.36. The number of carbonyl (C=O) groups excluding carboxylic acids is 3. The van der Waals surface area contributed by atoms with Crippen molar-refractivity contribution < 1.29 is 19.1 Å². The van der Waals surface area contributed by atoms with Gasteiger partial charge in [-0.2, -0.15) is 11.8 Å². The first-order chi connectivity index (χ1) is 15.9. The summed E-state index contributed by atoms with van der Waals surface area (Å²) in [7, 11) is 0. The van der Waals surface area contributed by atoms with E-state index in [2.05, 4.69) is 17.6 Å². The van der Waals surface area contributed by atoms with E-state index in [0.29, 0.717) is 25.3 Å². The van der Waals surface area contributed by atoms with Crippen LogP contribution in [-0.2, 0) is 14.3 Å². The molecule has 0 fully saturated rings. The highest BCUT2D eigenvalue weighted by Crippen LogP contribution is 2.25. The SMILES string of the molecule is CCCCNC(=O)C(c1cc(C)cc(C)c1)N(CC)C(=O)C(CCSC)NC(=O)OC(C)(C)C. The Balaban J connectivity index is 3.33. The van der Waals surface area contributed by atoms with Crippen LogP contribution in [-0.4, -0.2) is 59.5 Å². The van der Waals surface area contributed by atoms with Gasteiger partial charge in [0.25, 0.3) is 0 Å². The van der Waals surface area contributed by atoms with Gasteiger partial charge in [0.1, 0.15) is 17.7 Å². The summed E-state index contributed by atoms with van der Waals surface area (Å²) >= 11 is 1.59. The molecule has 1 aromatic rings. The van der Waals surface area contributed by atoms with Crippen LogP contribution in [0.15, 0.2) is 18.2 Å². The smallest absolute Gasteiger partial charge is 0.408 e. The lowest BCUT2D eigenvalue weighted by Crippen LogP contribution is -2.53. The lowest BCUT2D eigenvalue weighted by atomic mass is 9.98. The maximum Gasteiger partial charge on any atom is 0.408 e. The number of carbonyl (C=O) groups is 3. The highest BCUT2D eigenvalue weighted by Gasteiger charge is 2.35. The maximum absolute atomic E-state index is 13.8. The number of nitrogens with zero attached hydrogens (tertiary/aromatic N) is 1. The number of unbranched alkanes of at least 4 members (excludes halogenated alkanes) is 1. The van der Waals surface area contributed by atoms with Crippen molar-refractivity contribution in [2.24, 2.45) is 0 Å². The molecule has 3 amide bonds. The molecule has 0 aliphatic heterocycles. The Morgan fingerprint density at radius 3 is 2.21 bits per heavy atom. The molecule has 0 saturated carbocycles. The number of hydrogen-bond donors (Lipinski definition) is 2. The zero-order chi connectivity index (χ0) is 25.9. The standard InChI is InChI=1S/C26H43N3O4S/c1-9-11-13-27-23(30)22(20-16-18(3)15-19(4)17-20)29(10-2)24(31)21(12-14-34-8)28-25(32)33-26(5,6)7/h15-17,21-22H,9-14H2,1-8H3,(H,27,30)(H,28,32). The molecule has 1 rings (SSSR count). The van der Waals surface area contributed by atoms with Crippen LogP contribution in [0.25, 0.3) is 0 Å². The average molecular weight is 494 g/mol. The van der Waals surface area contributed by atoms with Crippen LogP contribution in [0.1, 0.15) is 76.6 Å². The fraction of sp³-hybridized carbons (Fsp3) is 0.654. The molecule has 0 heterocycles. The second-order valence-corrected chi connectivity index (χ2v) is 10.6. The number of benzene rings is 1. The third kappa shape index (κ3) is 9.95. The van der Waals surface area contributed by atoms with E-state index in [-0.39, 0.29) is 11.8 Å². The molecule has 192 valence electrons. The van der Waals surface area contributed by atoms with Gasteiger partial charge in [0, 0.05) is 13.1 Å². The van der Waals surface area contributed by atoms with Crippen molar-refractivity contribution in [1.29, 1.82) is 0 Å². The normalized spacial score (nSPS) is 13.1. The van der Waals surface area contributed by atoms with Crippen molar-refractivity contribution in [1.82, 2.24) is 15.5 Å². The first kappa shape index (κ1) is 29.8.